The fraction of sp³-hybridized carbons (Fsp3) is 0.471. The van der Waals surface area contributed by atoms with Gasteiger partial charge in [0.1, 0.15) is 17.4 Å². The van der Waals surface area contributed by atoms with Crippen molar-refractivity contribution in [2.75, 3.05) is 13.2 Å². The second-order valence-electron chi connectivity index (χ2n) is 5.15. The first kappa shape index (κ1) is 18.7. The molecule has 23 heavy (non-hydrogen) atoms. The number of hydrazine groups is 1. The Morgan fingerprint density at radius 1 is 1.43 bits per heavy atom. The minimum Gasteiger partial charge on any atom is -0.493 e. The third-order valence-corrected chi connectivity index (χ3v) is 3.25. The first-order valence-electron chi connectivity index (χ1n) is 7.75. The quantitative estimate of drug-likeness (QED) is 0.239. The fourth-order valence-corrected chi connectivity index (χ4v) is 2.08. The van der Waals surface area contributed by atoms with Gasteiger partial charge in [0.2, 0.25) is 0 Å². The smallest absolute Gasteiger partial charge is 0.142 e. The zero-order chi connectivity index (χ0) is 17.1. The molecule has 0 saturated carbocycles. The van der Waals surface area contributed by atoms with E-state index in [4.69, 9.17) is 15.8 Å². The molecule has 6 nitrogen and oxygen atoms in total. The molecule has 0 heterocycles. The van der Waals surface area contributed by atoms with Gasteiger partial charge in [-0.2, -0.15) is 5.26 Å². The van der Waals surface area contributed by atoms with Crippen LogP contribution in [0.1, 0.15) is 43.7 Å². The molecule has 0 aliphatic carbocycles. The minimum atomic E-state index is 0.223. The number of aliphatic imine (C=N–C) groups is 1. The van der Waals surface area contributed by atoms with Crippen molar-refractivity contribution in [2.45, 2.75) is 39.5 Å². The number of Topliss-reactive ketones (excluding diaryl/α,β-unsaturated/α-hetero) is 1. The molecule has 1 aromatic rings. The molecular formula is C17H24N4O2. The van der Waals surface area contributed by atoms with Gasteiger partial charge in [0.05, 0.1) is 25.6 Å². The number of nitrogens with zero attached hydrogens (tertiary/aromatic N) is 2. The third kappa shape index (κ3) is 6.49. The summed E-state index contributed by atoms with van der Waals surface area (Å²) in [6, 6.07) is 7.64. The average Bonchev–Trinajstić information content (AvgIpc) is 2.53. The summed E-state index contributed by atoms with van der Waals surface area (Å²) in [7, 11) is 0. The predicted molar refractivity (Wildman–Crippen MR) is 90.2 cm³/mol. The van der Waals surface area contributed by atoms with Crippen molar-refractivity contribution in [1.29, 1.82) is 5.26 Å². The van der Waals surface area contributed by atoms with Crippen LogP contribution in [0.25, 0.3) is 0 Å². The maximum absolute atomic E-state index is 11.5. The summed E-state index contributed by atoms with van der Waals surface area (Å²) in [6.45, 7) is 4.70. The van der Waals surface area contributed by atoms with Crippen LogP contribution in [0, 0.1) is 18.3 Å². The van der Waals surface area contributed by atoms with E-state index in [2.05, 4.69) is 10.4 Å². The molecule has 3 N–H and O–H groups in total. The zero-order valence-electron chi connectivity index (χ0n) is 13.8. The van der Waals surface area contributed by atoms with E-state index < -0.39 is 0 Å². The molecule has 0 atom stereocenters. The van der Waals surface area contributed by atoms with E-state index in [1.54, 1.807) is 0 Å². The number of nitrogens with two attached hydrogens (primary N) is 1. The van der Waals surface area contributed by atoms with E-state index in [9.17, 15) is 4.79 Å². The number of nitriles is 1. The van der Waals surface area contributed by atoms with Crippen molar-refractivity contribution in [3.63, 3.8) is 0 Å². The second-order valence-corrected chi connectivity index (χ2v) is 5.15. The Balaban J connectivity index is 2.68. The van der Waals surface area contributed by atoms with Crippen LogP contribution in [-0.4, -0.2) is 24.8 Å². The lowest BCUT2D eigenvalue weighted by Crippen LogP contribution is -2.31. The number of aryl methyl sites for hydroxylation is 1. The normalized spacial score (nSPS) is 11.0. The first-order valence-corrected chi connectivity index (χ1v) is 7.75. The van der Waals surface area contributed by atoms with Gasteiger partial charge in [-0.1, -0.05) is 6.92 Å². The lowest BCUT2D eigenvalue weighted by molar-refractivity contribution is -0.119. The molecule has 0 amide bonds. The number of amidine groups is 1. The molecule has 0 saturated heterocycles. The van der Waals surface area contributed by atoms with Crippen LogP contribution < -0.4 is 16.0 Å². The maximum atomic E-state index is 11.5. The molecule has 6 heteroatoms. The summed E-state index contributed by atoms with van der Waals surface area (Å²) < 4.78 is 5.67. The highest BCUT2D eigenvalue weighted by molar-refractivity contribution is 5.98. The summed E-state index contributed by atoms with van der Waals surface area (Å²) in [4.78, 5) is 15.7. The van der Waals surface area contributed by atoms with Gasteiger partial charge in [-0.05, 0) is 37.1 Å². The van der Waals surface area contributed by atoms with Crippen LogP contribution in [0.15, 0.2) is 23.2 Å². The molecular weight excluding hydrogens is 292 g/mol. The van der Waals surface area contributed by atoms with Crippen LogP contribution >= 0.6 is 0 Å². The summed E-state index contributed by atoms with van der Waals surface area (Å²) >= 11 is 0. The van der Waals surface area contributed by atoms with Gasteiger partial charge in [-0.25, -0.2) is 5.84 Å². The Bertz CT molecular complexity index is 591. The highest BCUT2D eigenvalue weighted by Crippen LogP contribution is 2.19. The molecule has 0 unspecified atom stereocenters. The monoisotopic (exact) mass is 316 g/mol. The number of ketones is 1. The largest absolute Gasteiger partial charge is 0.493 e. The predicted octanol–water partition coefficient (Wildman–Crippen LogP) is 2.26. The number of carbonyl (C=O) groups is 1. The number of hydrogen-bond acceptors (Lipinski definition) is 5. The highest BCUT2D eigenvalue weighted by atomic mass is 16.5. The van der Waals surface area contributed by atoms with Crippen LogP contribution in [-0.2, 0) is 4.79 Å². The molecule has 0 radical (unpaired) electrons. The first-order chi connectivity index (χ1) is 11.1. The number of carbonyl (C=O) groups excluding carboxylic acids is 1. The molecule has 1 rings (SSSR count). The summed E-state index contributed by atoms with van der Waals surface area (Å²) in [6.07, 6.45) is 2.25. The van der Waals surface area contributed by atoms with Crippen LogP contribution in [0.2, 0.25) is 0 Å². The van der Waals surface area contributed by atoms with Gasteiger partial charge in [0, 0.05) is 18.4 Å². The SMILES string of the molecule is CCCC(=O)CCOc1ccc(C(=NCCC#N)NN)cc1C. The van der Waals surface area contributed by atoms with Crippen molar-refractivity contribution in [3.05, 3.63) is 29.3 Å². The van der Waals surface area contributed by atoms with Gasteiger partial charge >= 0.3 is 0 Å². The van der Waals surface area contributed by atoms with Crippen LogP contribution in [0.4, 0.5) is 0 Å². The molecule has 0 aliphatic rings. The summed E-state index contributed by atoms with van der Waals surface area (Å²) in [5.74, 6) is 6.99. The van der Waals surface area contributed by atoms with Gasteiger partial charge in [0.15, 0.2) is 0 Å². The van der Waals surface area contributed by atoms with Crippen LogP contribution in [0.3, 0.4) is 0 Å². The van der Waals surface area contributed by atoms with E-state index in [1.807, 2.05) is 38.1 Å². The topological polar surface area (TPSA) is 100 Å². The molecule has 0 aromatic heterocycles. The van der Waals surface area contributed by atoms with Crippen molar-refractivity contribution < 1.29 is 9.53 Å². The zero-order valence-corrected chi connectivity index (χ0v) is 13.8. The fourth-order valence-electron chi connectivity index (χ4n) is 2.08. The van der Waals surface area contributed by atoms with Crippen molar-refractivity contribution >= 4 is 11.6 Å². The van der Waals surface area contributed by atoms with Gasteiger partial charge in [-0.15, -0.1) is 0 Å². The van der Waals surface area contributed by atoms with E-state index in [-0.39, 0.29) is 5.78 Å². The summed E-state index contributed by atoms with van der Waals surface area (Å²) in [5.41, 5.74) is 4.32. The number of hydrogen-bond donors (Lipinski definition) is 2. The Hall–Kier alpha value is -2.39. The number of benzene rings is 1. The molecule has 0 spiro atoms. The van der Waals surface area contributed by atoms with Crippen molar-refractivity contribution in [2.24, 2.45) is 10.8 Å². The lowest BCUT2D eigenvalue weighted by atomic mass is 10.1. The second kappa shape index (κ2) is 10.4. The number of rotatable bonds is 9. The Morgan fingerprint density at radius 2 is 2.22 bits per heavy atom. The highest BCUT2D eigenvalue weighted by Gasteiger charge is 2.07. The Kier molecular flexibility index (Phi) is 8.40. The van der Waals surface area contributed by atoms with Crippen molar-refractivity contribution in [3.8, 4) is 11.8 Å². The van der Waals surface area contributed by atoms with E-state index in [0.717, 1.165) is 23.3 Å². The number of nitrogens with one attached hydrogen (secondary N) is 1. The van der Waals surface area contributed by atoms with E-state index in [0.29, 0.717) is 38.2 Å². The molecule has 0 fully saturated rings. The Morgan fingerprint density at radius 3 is 2.83 bits per heavy atom. The lowest BCUT2D eigenvalue weighted by Gasteiger charge is -2.11. The standard InChI is InChI=1S/C17H24N4O2/c1-3-5-15(22)8-11-23-16-7-6-14(12-13(16)2)17(21-19)20-10-4-9-18/h6-7,12H,3-5,8,10-11,19H2,1-2H3,(H,20,21). The third-order valence-electron chi connectivity index (χ3n) is 3.25. The molecule has 0 bridgehead atoms. The van der Waals surface area contributed by atoms with Gasteiger partial charge in [0.25, 0.3) is 0 Å². The molecule has 124 valence electrons. The number of ether oxygens (including phenoxy) is 1. The Labute approximate surface area is 137 Å². The molecule has 1 aromatic carbocycles. The average molecular weight is 316 g/mol. The minimum absolute atomic E-state index is 0.223. The van der Waals surface area contributed by atoms with E-state index >= 15 is 0 Å². The molecule has 0 aliphatic heterocycles. The van der Waals surface area contributed by atoms with Crippen LogP contribution in [0.5, 0.6) is 5.75 Å². The van der Waals surface area contributed by atoms with Gasteiger partial charge < -0.3 is 10.2 Å². The van der Waals surface area contributed by atoms with E-state index in [1.165, 1.54) is 0 Å². The van der Waals surface area contributed by atoms with Gasteiger partial charge in [-0.3, -0.25) is 9.79 Å². The maximum Gasteiger partial charge on any atom is 0.142 e. The summed E-state index contributed by atoms with van der Waals surface area (Å²) in [5, 5.41) is 8.55. The van der Waals surface area contributed by atoms with Crippen molar-refractivity contribution in [1.82, 2.24) is 5.43 Å².